The minimum Gasteiger partial charge on any atom is -0.451 e. The molecule has 0 radical (unpaired) electrons. The molecule has 0 bridgehead atoms. The fraction of sp³-hybridized carbons (Fsp3) is 0.176. The minimum atomic E-state index is -0.720. The Kier molecular flexibility index (Phi) is 5.47. The number of hydrogen-bond donors (Lipinski definition) is 2. The van der Waals surface area contributed by atoms with Gasteiger partial charge < -0.3 is 15.0 Å². The maximum atomic E-state index is 11.8. The van der Waals surface area contributed by atoms with Crippen LogP contribution in [-0.2, 0) is 16.0 Å². The number of benzene rings is 1. The van der Waals surface area contributed by atoms with Crippen molar-refractivity contribution in [2.45, 2.75) is 13.3 Å². The Morgan fingerprint density at radius 1 is 1.25 bits per heavy atom. The van der Waals surface area contributed by atoms with Crippen molar-refractivity contribution in [1.82, 2.24) is 4.98 Å². The summed E-state index contributed by atoms with van der Waals surface area (Å²) in [4.78, 5) is 37.3. The molecule has 0 saturated heterocycles. The van der Waals surface area contributed by atoms with Crippen LogP contribution in [-0.4, -0.2) is 29.3 Å². The Hall–Kier alpha value is -3.40. The van der Waals surface area contributed by atoms with Crippen LogP contribution in [0.25, 0.3) is 0 Å². The Labute approximate surface area is 138 Å². The van der Waals surface area contributed by atoms with Gasteiger partial charge in [0.1, 0.15) is 5.69 Å². The fourth-order valence-electron chi connectivity index (χ4n) is 1.92. The first-order valence-electron chi connectivity index (χ1n) is 7.12. The Morgan fingerprint density at radius 3 is 2.54 bits per heavy atom. The van der Waals surface area contributed by atoms with Gasteiger partial charge in [-0.25, -0.2) is 4.79 Å². The molecule has 0 atom stereocenters. The van der Waals surface area contributed by atoms with Crippen LogP contribution >= 0.6 is 0 Å². The number of carbonyl (C=O) groups excluding carboxylic acids is 3. The van der Waals surface area contributed by atoms with E-state index in [2.05, 4.69) is 10.3 Å². The van der Waals surface area contributed by atoms with Crippen molar-refractivity contribution < 1.29 is 19.1 Å². The van der Waals surface area contributed by atoms with E-state index in [-0.39, 0.29) is 11.5 Å². The molecule has 2 aromatic rings. The number of hydrogen-bond acceptors (Lipinski definition) is 5. The van der Waals surface area contributed by atoms with Gasteiger partial charge >= 0.3 is 5.97 Å². The number of esters is 1. The monoisotopic (exact) mass is 325 g/mol. The van der Waals surface area contributed by atoms with E-state index in [4.69, 9.17) is 10.00 Å². The topological polar surface area (TPSA) is 112 Å². The summed E-state index contributed by atoms with van der Waals surface area (Å²) in [6.45, 7) is 0.931. The normalized spacial score (nSPS) is 9.83. The average molecular weight is 325 g/mol. The minimum absolute atomic E-state index is 0.105. The molecular weight excluding hydrogens is 310 g/mol. The fourth-order valence-corrected chi connectivity index (χ4v) is 1.92. The summed E-state index contributed by atoms with van der Waals surface area (Å²) in [7, 11) is 0. The lowest BCUT2D eigenvalue weighted by molar-refractivity contribution is -0.119. The number of aromatic amines is 1. The predicted molar refractivity (Wildman–Crippen MR) is 85.5 cm³/mol. The van der Waals surface area contributed by atoms with Crippen LogP contribution in [0.3, 0.4) is 0 Å². The van der Waals surface area contributed by atoms with Crippen molar-refractivity contribution in [3.63, 3.8) is 0 Å². The lowest BCUT2D eigenvalue weighted by Crippen LogP contribution is -2.21. The van der Waals surface area contributed by atoms with E-state index in [9.17, 15) is 14.4 Å². The van der Waals surface area contributed by atoms with Gasteiger partial charge in [-0.15, -0.1) is 0 Å². The summed E-state index contributed by atoms with van der Waals surface area (Å²) in [5.74, 6) is -1.39. The molecule has 0 fully saturated rings. The average Bonchev–Trinajstić information content (AvgIpc) is 3.05. The third-order valence-electron chi connectivity index (χ3n) is 3.16. The number of nitriles is 1. The summed E-state index contributed by atoms with van der Waals surface area (Å²) >= 11 is 0. The zero-order valence-corrected chi connectivity index (χ0v) is 13.0. The smallest absolute Gasteiger partial charge is 0.355 e. The maximum Gasteiger partial charge on any atom is 0.355 e. The van der Waals surface area contributed by atoms with E-state index < -0.39 is 18.5 Å². The van der Waals surface area contributed by atoms with Crippen LogP contribution < -0.4 is 5.32 Å². The lowest BCUT2D eigenvalue weighted by atomic mass is 10.1. The second kappa shape index (κ2) is 7.74. The quantitative estimate of drug-likeness (QED) is 0.624. The number of aromatic nitrogens is 1. The Morgan fingerprint density at radius 2 is 1.96 bits per heavy atom. The molecule has 0 aliphatic rings. The van der Waals surface area contributed by atoms with Gasteiger partial charge in [0.2, 0.25) is 0 Å². The van der Waals surface area contributed by atoms with Crippen molar-refractivity contribution in [3.05, 3.63) is 53.3 Å². The van der Waals surface area contributed by atoms with E-state index in [1.807, 2.05) is 6.07 Å². The summed E-state index contributed by atoms with van der Waals surface area (Å²) < 4.78 is 4.88. The van der Waals surface area contributed by atoms with Crippen molar-refractivity contribution in [3.8, 4) is 6.07 Å². The SMILES string of the molecule is CC(=O)c1c[nH]c(C(=O)OCC(=O)Nc2ccc(CC#N)cc2)c1. The molecule has 0 spiro atoms. The van der Waals surface area contributed by atoms with Crippen molar-refractivity contribution in [1.29, 1.82) is 5.26 Å². The molecule has 7 heteroatoms. The molecule has 24 heavy (non-hydrogen) atoms. The van der Waals surface area contributed by atoms with Crippen LogP contribution in [0.15, 0.2) is 36.5 Å². The molecule has 2 N–H and O–H groups in total. The molecule has 1 heterocycles. The summed E-state index contributed by atoms with van der Waals surface area (Å²) in [5.41, 5.74) is 1.85. The number of amides is 1. The molecule has 2 rings (SSSR count). The van der Waals surface area contributed by atoms with Crippen LogP contribution in [0.5, 0.6) is 0 Å². The summed E-state index contributed by atoms with van der Waals surface area (Å²) in [6, 6.07) is 10.2. The Balaban J connectivity index is 1.84. The highest BCUT2D eigenvalue weighted by Gasteiger charge is 2.13. The van der Waals surface area contributed by atoms with Gasteiger partial charge in [-0.3, -0.25) is 9.59 Å². The molecule has 0 aliphatic carbocycles. The van der Waals surface area contributed by atoms with Gasteiger partial charge in [-0.1, -0.05) is 12.1 Å². The molecule has 7 nitrogen and oxygen atoms in total. The molecule has 0 unspecified atom stereocenters. The van der Waals surface area contributed by atoms with E-state index in [1.54, 1.807) is 24.3 Å². The van der Waals surface area contributed by atoms with Crippen LogP contribution in [0.4, 0.5) is 5.69 Å². The first-order valence-corrected chi connectivity index (χ1v) is 7.12. The third kappa shape index (κ3) is 4.55. The summed E-state index contributed by atoms with van der Waals surface area (Å²) in [6.07, 6.45) is 1.70. The number of nitrogens with one attached hydrogen (secondary N) is 2. The largest absolute Gasteiger partial charge is 0.451 e. The van der Waals surface area contributed by atoms with Crippen molar-refractivity contribution in [2.75, 3.05) is 11.9 Å². The van der Waals surface area contributed by atoms with E-state index in [0.717, 1.165) is 5.56 Å². The molecule has 1 aromatic heterocycles. The molecule has 0 aliphatic heterocycles. The number of ether oxygens (including phenoxy) is 1. The molecule has 122 valence electrons. The Bertz CT molecular complexity index is 800. The first-order chi connectivity index (χ1) is 11.5. The lowest BCUT2D eigenvalue weighted by Gasteiger charge is -2.06. The second-order valence-corrected chi connectivity index (χ2v) is 5.01. The van der Waals surface area contributed by atoms with E-state index in [1.165, 1.54) is 19.2 Å². The predicted octanol–water partition coefficient (Wildman–Crippen LogP) is 2.08. The second-order valence-electron chi connectivity index (χ2n) is 5.01. The van der Waals surface area contributed by atoms with Crippen molar-refractivity contribution >= 4 is 23.3 Å². The molecular formula is C17H15N3O4. The number of Topliss-reactive ketones (excluding diaryl/α,β-unsaturated/α-hetero) is 1. The van der Waals surface area contributed by atoms with Gasteiger partial charge in [0, 0.05) is 17.4 Å². The highest BCUT2D eigenvalue weighted by molar-refractivity contribution is 5.98. The van der Waals surface area contributed by atoms with E-state index >= 15 is 0 Å². The van der Waals surface area contributed by atoms with Gasteiger partial charge in [-0.05, 0) is 30.7 Å². The standard InChI is InChI=1S/C17H15N3O4/c1-11(21)13-8-15(19-9-13)17(23)24-10-16(22)20-14-4-2-12(3-5-14)6-7-18/h2-5,8-9,19H,6,10H2,1H3,(H,20,22). The number of ketones is 1. The molecule has 1 aromatic carbocycles. The number of carbonyl (C=O) groups is 3. The van der Waals surface area contributed by atoms with Crippen LogP contribution in [0.2, 0.25) is 0 Å². The number of anilines is 1. The maximum absolute atomic E-state index is 11.8. The van der Waals surface area contributed by atoms with Crippen LogP contribution in [0, 0.1) is 11.3 Å². The van der Waals surface area contributed by atoms with Gasteiger partial charge in [0.25, 0.3) is 5.91 Å². The van der Waals surface area contributed by atoms with Gasteiger partial charge in [0.15, 0.2) is 12.4 Å². The first kappa shape index (κ1) is 17.0. The molecule has 1 amide bonds. The van der Waals surface area contributed by atoms with Gasteiger partial charge in [0.05, 0.1) is 12.5 Å². The third-order valence-corrected chi connectivity index (χ3v) is 3.16. The highest BCUT2D eigenvalue weighted by atomic mass is 16.5. The van der Waals surface area contributed by atoms with Crippen molar-refractivity contribution in [2.24, 2.45) is 0 Å². The zero-order valence-electron chi connectivity index (χ0n) is 13.0. The number of nitrogens with zero attached hydrogens (tertiary/aromatic N) is 1. The zero-order chi connectivity index (χ0) is 17.5. The highest BCUT2D eigenvalue weighted by Crippen LogP contribution is 2.10. The van der Waals surface area contributed by atoms with E-state index in [0.29, 0.717) is 17.7 Å². The molecule has 0 saturated carbocycles. The van der Waals surface area contributed by atoms with Crippen LogP contribution in [0.1, 0.15) is 33.3 Å². The summed E-state index contributed by atoms with van der Waals surface area (Å²) in [5, 5.41) is 11.2. The number of H-pyrrole nitrogens is 1. The van der Waals surface area contributed by atoms with Gasteiger partial charge in [-0.2, -0.15) is 5.26 Å². The number of rotatable bonds is 6.